The quantitative estimate of drug-likeness (QED) is 0.723. The van der Waals surface area contributed by atoms with Gasteiger partial charge in [-0.2, -0.15) is 10.3 Å². The summed E-state index contributed by atoms with van der Waals surface area (Å²) >= 11 is 2.80. The summed E-state index contributed by atoms with van der Waals surface area (Å²) in [6.45, 7) is 2.03. The molecule has 0 aliphatic carbocycles. The number of carbonyl (C=O) groups is 1. The van der Waals surface area contributed by atoms with E-state index in [9.17, 15) is 4.79 Å². The number of fused-ring (bicyclic) bond motifs is 1. The number of amides is 1. The zero-order chi connectivity index (χ0) is 13.9. The van der Waals surface area contributed by atoms with Gasteiger partial charge >= 0.3 is 0 Å². The van der Waals surface area contributed by atoms with Gasteiger partial charge in [-0.25, -0.2) is 4.98 Å². The number of rotatable bonds is 4. The van der Waals surface area contributed by atoms with Gasteiger partial charge in [-0.15, -0.1) is 5.10 Å². The number of hydrogen-bond acceptors (Lipinski definition) is 6. The van der Waals surface area contributed by atoms with Gasteiger partial charge in [0.15, 0.2) is 5.13 Å². The molecule has 8 heteroatoms. The molecule has 0 spiro atoms. The Morgan fingerprint density at radius 3 is 3.20 bits per heavy atom. The second kappa shape index (κ2) is 5.59. The Bertz CT molecular complexity index is 737. The molecule has 2 aromatic heterocycles. The van der Waals surface area contributed by atoms with Crippen molar-refractivity contribution in [3.8, 4) is 0 Å². The average molecular weight is 305 g/mol. The Balaban J connectivity index is 1.65. The molecule has 0 bridgehead atoms. The van der Waals surface area contributed by atoms with Crippen LogP contribution in [0.25, 0.3) is 10.2 Å². The monoisotopic (exact) mass is 305 g/mol. The molecule has 0 saturated heterocycles. The largest absolute Gasteiger partial charge is 0.301 e. The molecule has 0 atom stereocenters. The zero-order valence-electron chi connectivity index (χ0n) is 10.6. The van der Waals surface area contributed by atoms with Crippen LogP contribution in [0, 0.1) is 6.92 Å². The minimum absolute atomic E-state index is 0.103. The SMILES string of the molecule is Cc1ccc2nc(NC(=O)CSc3cn[nH]n3)sc2c1. The smallest absolute Gasteiger partial charge is 0.236 e. The van der Waals surface area contributed by atoms with E-state index in [1.807, 2.05) is 19.1 Å². The van der Waals surface area contributed by atoms with E-state index in [-0.39, 0.29) is 11.7 Å². The number of nitrogens with zero attached hydrogens (tertiary/aromatic N) is 3. The summed E-state index contributed by atoms with van der Waals surface area (Å²) < 4.78 is 1.07. The standard InChI is InChI=1S/C12H11N5OS2/c1-7-2-3-8-9(4-7)20-12(14-8)15-10(18)6-19-11-5-13-17-16-11/h2-5H,6H2,1H3,(H,13,16,17)(H,14,15,18). The molecule has 0 radical (unpaired) electrons. The van der Waals surface area contributed by atoms with Crippen LogP contribution in [0.4, 0.5) is 5.13 Å². The van der Waals surface area contributed by atoms with Crippen LogP contribution in [0.3, 0.4) is 0 Å². The van der Waals surface area contributed by atoms with Gasteiger partial charge in [0.2, 0.25) is 5.91 Å². The Kier molecular flexibility index (Phi) is 3.66. The van der Waals surface area contributed by atoms with E-state index in [4.69, 9.17) is 0 Å². The highest BCUT2D eigenvalue weighted by atomic mass is 32.2. The molecule has 0 unspecified atom stereocenters. The van der Waals surface area contributed by atoms with Crippen LogP contribution < -0.4 is 5.32 Å². The van der Waals surface area contributed by atoms with Crippen molar-refractivity contribution in [3.05, 3.63) is 30.0 Å². The van der Waals surface area contributed by atoms with Crippen LogP contribution in [0.1, 0.15) is 5.56 Å². The lowest BCUT2D eigenvalue weighted by Crippen LogP contribution is -2.13. The molecule has 102 valence electrons. The summed E-state index contributed by atoms with van der Waals surface area (Å²) in [5, 5.41) is 14.2. The van der Waals surface area contributed by atoms with E-state index in [0.717, 1.165) is 10.2 Å². The van der Waals surface area contributed by atoms with Crippen molar-refractivity contribution >= 4 is 44.4 Å². The fourth-order valence-corrected chi connectivity index (χ4v) is 3.20. The maximum absolute atomic E-state index is 11.8. The fourth-order valence-electron chi connectivity index (χ4n) is 1.64. The van der Waals surface area contributed by atoms with Gasteiger partial charge in [0, 0.05) is 0 Å². The molecule has 0 aliphatic heterocycles. The van der Waals surface area contributed by atoms with Crippen LogP contribution in [-0.4, -0.2) is 32.1 Å². The molecule has 6 nitrogen and oxygen atoms in total. The number of hydrogen-bond donors (Lipinski definition) is 2. The molecular formula is C12H11N5OS2. The minimum atomic E-state index is -0.103. The van der Waals surface area contributed by atoms with Crippen molar-refractivity contribution in [2.45, 2.75) is 11.9 Å². The van der Waals surface area contributed by atoms with Crippen LogP contribution in [0.15, 0.2) is 29.4 Å². The third-order valence-electron chi connectivity index (χ3n) is 2.53. The van der Waals surface area contributed by atoms with Gasteiger partial charge in [-0.05, 0) is 24.6 Å². The molecule has 0 aliphatic rings. The second-order valence-corrected chi connectivity index (χ2v) is 6.16. The molecule has 1 aromatic carbocycles. The van der Waals surface area contributed by atoms with Crippen LogP contribution >= 0.6 is 23.1 Å². The molecule has 20 heavy (non-hydrogen) atoms. The maximum Gasteiger partial charge on any atom is 0.236 e. The van der Waals surface area contributed by atoms with Gasteiger partial charge in [-0.3, -0.25) is 4.79 Å². The average Bonchev–Trinajstić information content (AvgIpc) is 3.04. The summed E-state index contributed by atoms with van der Waals surface area (Å²) in [6, 6.07) is 6.03. The van der Waals surface area contributed by atoms with Gasteiger partial charge < -0.3 is 5.32 Å². The molecule has 2 heterocycles. The molecule has 0 saturated carbocycles. The molecule has 1 amide bonds. The Hall–Kier alpha value is -1.93. The summed E-state index contributed by atoms with van der Waals surface area (Å²) in [5.41, 5.74) is 2.08. The first-order valence-electron chi connectivity index (χ1n) is 5.86. The number of thiazole rings is 1. The Labute approximate surface area is 123 Å². The minimum Gasteiger partial charge on any atom is -0.301 e. The topological polar surface area (TPSA) is 83.6 Å². The summed E-state index contributed by atoms with van der Waals surface area (Å²) in [6.07, 6.45) is 1.58. The predicted molar refractivity (Wildman–Crippen MR) is 80.1 cm³/mol. The maximum atomic E-state index is 11.8. The lowest BCUT2D eigenvalue weighted by atomic mass is 10.2. The summed E-state index contributed by atoms with van der Waals surface area (Å²) in [5.74, 6) is 0.176. The first-order chi connectivity index (χ1) is 9.70. The Morgan fingerprint density at radius 2 is 2.40 bits per heavy atom. The van der Waals surface area contributed by atoms with Crippen molar-refractivity contribution in [2.75, 3.05) is 11.1 Å². The van der Waals surface area contributed by atoms with Gasteiger partial charge in [0.05, 0.1) is 22.2 Å². The first-order valence-corrected chi connectivity index (χ1v) is 7.66. The normalized spacial score (nSPS) is 10.8. The van der Waals surface area contributed by atoms with Crippen molar-refractivity contribution in [1.29, 1.82) is 0 Å². The molecule has 0 fully saturated rings. The third kappa shape index (κ3) is 2.97. The number of aromatic amines is 1. The van der Waals surface area contributed by atoms with Gasteiger partial charge in [0.1, 0.15) is 5.03 Å². The van der Waals surface area contributed by atoms with E-state index in [1.165, 1.54) is 28.7 Å². The van der Waals surface area contributed by atoms with Crippen molar-refractivity contribution in [3.63, 3.8) is 0 Å². The van der Waals surface area contributed by atoms with Crippen molar-refractivity contribution in [2.24, 2.45) is 0 Å². The zero-order valence-corrected chi connectivity index (χ0v) is 12.2. The molecule has 2 N–H and O–H groups in total. The highest BCUT2D eigenvalue weighted by Crippen LogP contribution is 2.26. The van der Waals surface area contributed by atoms with E-state index < -0.39 is 0 Å². The van der Waals surface area contributed by atoms with Gasteiger partial charge in [-0.1, -0.05) is 29.2 Å². The molecule has 3 aromatic rings. The number of anilines is 1. The summed E-state index contributed by atoms with van der Waals surface area (Å²) in [7, 11) is 0. The van der Waals surface area contributed by atoms with Crippen molar-refractivity contribution < 1.29 is 4.79 Å². The van der Waals surface area contributed by atoms with Gasteiger partial charge in [0.25, 0.3) is 0 Å². The number of thioether (sulfide) groups is 1. The summed E-state index contributed by atoms with van der Waals surface area (Å²) in [4.78, 5) is 16.2. The van der Waals surface area contributed by atoms with E-state index in [1.54, 1.807) is 6.20 Å². The lowest BCUT2D eigenvalue weighted by molar-refractivity contribution is -0.113. The number of H-pyrrole nitrogens is 1. The van der Waals surface area contributed by atoms with E-state index in [0.29, 0.717) is 10.2 Å². The number of nitrogens with one attached hydrogen (secondary N) is 2. The number of aromatic nitrogens is 4. The predicted octanol–water partition coefficient (Wildman–Crippen LogP) is 2.45. The van der Waals surface area contributed by atoms with E-state index >= 15 is 0 Å². The number of carbonyl (C=O) groups excluding carboxylic acids is 1. The number of aryl methyl sites for hydroxylation is 1. The first kappa shape index (κ1) is 13.1. The highest BCUT2D eigenvalue weighted by molar-refractivity contribution is 7.99. The molecular weight excluding hydrogens is 294 g/mol. The lowest BCUT2D eigenvalue weighted by Gasteiger charge is -1.98. The third-order valence-corrected chi connectivity index (χ3v) is 4.37. The van der Waals surface area contributed by atoms with E-state index in [2.05, 4.69) is 31.8 Å². The highest BCUT2D eigenvalue weighted by Gasteiger charge is 2.09. The van der Waals surface area contributed by atoms with Crippen LogP contribution in [-0.2, 0) is 4.79 Å². The van der Waals surface area contributed by atoms with Crippen LogP contribution in [0.5, 0.6) is 0 Å². The molecule has 3 rings (SSSR count). The van der Waals surface area contributed by atoms with Crippen LogP contribution in [0.2, 0.25) is 0 Å². The Morgan fingerprint density at radius 1 is 1.50 bits per heavy atom. The fraction of sp³-hybridized carbons (Fsp3) is 0.167. The second-order valence-electron chi connectivity index (χ2n) is 4.14. The number of benzene rings is 1. The van der Waals surface area contributed by atoms with Crippen molar-refractivity contribution in [1.82, 2.24) is 20.4 Å².